The molecule has 0 spiro atoms. The van der Waals surface area contributed by atoms with E-state index in [1.807, 2.05) is 6.07 Å². The van der Waals surface area contributed by atoms with Crippen LogP contribution >= 0.6 is 0 Å². The average Bonchev–Trinajstić information content (AvgIpc) is 2.47. The first-order valence-electron chi connectivity index (χ1n) is 6.10. The van der Waals surface area contributed by atoms with Crippen molar-refractivity contribution in [2.24, 2.45) is 0 Å². The van der Waals surface area contributed by atoms with E-state index in [1.165, 1.54) is 12.1 Å². The maximum atomic E-state index is 12.6. The molecule has 0 unspecified atom stereocenters. The number of nitrogens with zero attached hydrogens (tertiary/aromatic N) is 1. The SMILES string of the molecule is N#Cc1ccccc1CC(=O)c1cccc(C(F)(F)F)c1. The predicted molar refractivity (Wildman–Crippen MR) is 70.6 cm³/mol. The van der Waals surface area contributed by atoms with Gasteiger partial charge in [-0.25, -0.2) is 0 Å². The molecule has 0 aliphatic rings. The van der Waals surface area contributed by atoms with Crippen LogP contribution in [0.25, 0.3) is 0 Å². The molecule has 2 rings (SSSR count). The molecule has 0 aliphatic heterocycles. The fraction of sp³-hybridized carbons (Fsp3) is 0.125. The third-order valence-corrected chi connectivity index (χ3v) is 3.00. The summed E-state index contributed by atoms with van der Waals surface area (Å²) < 4.78 is 37.9. The number of benzene rings is 2. The Morgan fingerprint density at radius 2 is 1.81 bits per heavy atom. The van der Waals surface area contributed by atoms with E-state index in [-0.39, 0.29) is 12.0 Å². The van der Waals surface area contributed by atoms with Gasteiger partial charge in [-0.1, -0.05) is 30.3 Å². The van der Waals surface area contributed by atoms with Crippen molar-refractivity contribution in [1.82, 2.24) is 0 Å². The van der Waals surface area contributed by atoms with Crippen LogP contribution in [-0.2, 0) is 12.6 Å². The zero-order valence-corrected chi connectivity index (χ0v) is 10.8. The molecule has 2 aromatic rings. The van der Waals surface area contributed by atoms with Crippen molar-refractivity contribution >= 4 is 5.78 Å². The fourth-order valence-electron chi connectivity index (χ4n) is 1.93. The predicted octanol–water partition coefficient (Wildman–Crippen LogP) is 4.00. The minimum absolute atomic E-state index is 0.0161. The number of Topliss-reactive ketones (excluding diaryl/α,β-unsaturated/α-hetero) is 1. The van der Waals surface area contributed by atoms with Crippen molar-refractivity contribution in [3.05, 3.63) is 70.8 Å². The average molecular weight is 289 g/mol. The highest BCUT2D eigenvalue weighted by Crippen LogP contribution is 2.29. The molecule has 2 aromatic carbocycles. The highest BCUT2D eigenvalue weighted by molar-refractivity contribution is 5.97. The first-order valence-corrected chi connectivity index (χ1v) is 6.10. The number of carbonyl (C=O) groups is 1. The molecule has 0 amide bonds. The topological polar surface area (TPSA) is 40.9 Å². The highest BCUT2D eigenvalue weighted by atomic mass is 19.4. The lowest BCUT2D eigenvalue weighted by Gasteiger charge is -2.08. The second-order valence-electron chi connectivity index (χ2n) is 4.45. The van der Waals surface area contributed by atoms with Gasteiger partial charge in [-0.2, -0.15) is 18.4 Å². The lowest BCUT2D eigenvalue weighted by atomic mass is 9.98. The van der Waals surface area contributed by atoms with Gasteiger partial charge in [-0.05, 0) is 23.8 Å². The first kappa shape index (κ1) is 14.8. The van der Waals surface area contributed by atoms with Gasteiger partial charge in [0.25, 0.3) is 0 Å². The summed E-state index contributed by atoms with van der Waals surface area (Å²) in [6.07, 6.45) is -4.59. The molecule has 0 saturated heterocycles. The maximum absolute atomic E-state index is 12.6. The van der Waals surface area contributed by atoms with E-state index in [2.05, 4.69) is 0 Å². The molecule has 0 aromatic heterocycles. The van der Waals surface area contributed by atoms with Gasteiger partial charge < -0.3 is 0 Å². The van der Waals surface area contributed by atoms with Crippen LogP contribution in [0.1, 0.15) is 27.0 Å². The Morgan fingerprint density at radius 1 is 1.10 bits per heavy atom. The molecule has 0 radical (unpaired) electrons. The quantitative estimate of drug-likeness (QED) is 0.801. The van der Waals surface area contributed by atoms with E-state index in [4.69, 9.17) is 5.26 Å². The van der Waals surface area contributed by atoms with Crippen molar-refractivity contribution in [2.75, 3.05) is 0 Å². The first-order chi connectivity index (χ1) is 9.91. The number of ketones is 1. The van der Waals surface area contributed by atoms with Crippen LogP contribution in [0.3, 0.4) is 0 Å². The Morgan fingerprint density at radius 3 is 2.48 bits per heavy atom. The molecular formula is C16H10F3NO. The molecule has 0 heterocycles. The van der Waals surface area contributed by atoms with Gasteiger partial charge in [0, 0.05) is 12.0 Å². The summed E-state index contributed by atoms with van der Waals surface area (Å²) in [5.74, 6) is -0.455. The monoisotopic (exact) mass is 289 g/mol. The normalized spacial score (nSPS) is 11.0. The van der Waals surface area contributed by atoms with Crippen LogP contribution in [0.5, 0.6) is 0 Å². The number of carbonyl (C=O) groups excluding carboxylic acids is 1. The zero-order valence-electron chi connectivity index (χ0n) is 10.8. The molecule has 0 atom stereocenters. The Bertz CT molecular complexity index is 714. The molecule has 21 heavy (non-hydrogen) atoms. The third-order valence-electron chi connectivity index (χ3n) is 3.00. The number of hydrogen-bond acceptors (Lipinski definition) is 2. The van der Waals surface area contributed by atoms with Crippen LogP contribution in [0, 0.1) is 11.3 Å². The lowest BCUT2D eigenvalue weighted by Crippen LogP contribution is -2.09. The van der Waals surface area contributed by atoms with E-state index < -0.39 is 17.5 Å². The second-order valence-corrected chi connectivity index (χ2v) is 4.45. The number of nitriles is 1. The molecule has 5 heteroatoms. The van der Waals surface area contributed by atoms with Gasteiger partial charge in [0.1, 0.15) is 0 Å². The van der Waals surface area contributed by atoms with Crippen LogP contribution in [0.2, 0.25) is 0 Å². The van der Waals surface area contributed by atoms with Crippen LogP contribution in [0.4, 0.5) is 13.2 Å². The summed E-state index contributed by atoms with van der Waals surface area (Å²) in [5.41, 5.74) is -0.0280. The number of halogens is 3. The summed E-state index contributed by atoms with van der Waals surface area (Å²) in [5, 5.41) is 8.94. The Hall–Kier alpha value is -2.61. The van der Waals surface area contributed by atoms with E-state index in [0.717, 1.165) is 12.1 Å². The Labute approximate surface area is 119 Å². The van der Waals surface area contributed by atoms with Crippen LogP contribution in [0.15, 0.2) is 48.5 Å². The molecule has 0 bridgehead atoms. The highest BCUT2D eigenvalue weighted by Gasteiger charge is 2.30. The zero-order chi connectivity index (χ0) is 15.5. The largest absolute Gasteiger partial charge is 0.416 e. The minimum atomic E-state index is -4.49. The van der Waals surface area contributed by atoms with Crippen LogP contribution in [-0.4, -0.2) is 5.78 Å². The summed E-state index contributed by atoms with van der Waals surface area (Å²) in [6, 6.07) is 12.8. The lowest BCUT2D eigenvalue weighted by molar-refractivity contribution is -0.137. The van der Waals surface area contributed by atoms with E-state index in [0.29, 0.717) is 11.1 Å². The van der Waals surface area contributed by atoms with Crippen LogP contribution < -0.4 is 0 Å². The Balaban J connectivity index is 2.28. The Kier molecular flexibility index (Phi) is 4.08. The molecule has 0 aliphatic carbocycles. The third kappa shape index (κ3) is 3.48. The van der Waals surface area contributed by atoms with Crippen molar-refractivity contribution < 1.29 is 18.0 Å². The standard InChI is InChI=1S/C16H10F3NO/c17-16(18,19)14-7-3-6-12(8-14)15(21)9-11-4-1-2-5-13(11)10-20/h1-8H,9H2. The number of alkyl halides is 3. The summed E-state index contributed by atoms with van der Waals surface area (Å²) in [4.78, 5) is 12.1. The van der Waals surface area contributed by atoms with Gasteiger partial charge in [0.15, 0.2) is 5.78 Å². The van der Waals surface area contributed by atoms with Crippen molar-refractivity contribution in [3.63, 3.8) is 0 Å². The maximum Gasteiger partial charge on any atom is 0.416 e. The minimum Gasteiger partial charge on any atom is -0.294 e. The summed E-state index contributed by atoms with van der Waals surface area (Å²) in [6.45, 7) is 0. The molecule has 0 saturated carbocycles. The van der Waals surface area contributed by atoms with Crippen molar-refractivity contribution in [2.45, 2.75) is 12.6 Å². The number of rotatable bonds is 3. The van der Waals surface area contributed by atoms with Crippen molar-refractivity contribution in [1.29, 1.82) is 5.26 Å². The summed E-state index contributed by atoms with van der Waals surface area (Å²) in [7, 11) is 0. The van der Waals surface area contributed by atoms with E-state index in [9.17, 15) is 18.0 Å². The van der Waals surface area contributed by atoms with E-state index in [1.54, 1.807) is 24.3 Å². The van der Waals surface area contributed by atoms with Gasteiger partial charge >= 0.3 is 6.18 Å². The molecule has 0 N–H and O–H groups in total. The molecule has 0 fully saturated rings. The van der Waals surface area contributed by atoms with Gasteiger partial charge in [-0.15, -0.1) is 0 Å². The second kappa shape index (κ2) is 5.80. The molecule has 106 valence electrons. The van der Waals surface area contributed by atoms with Gasteiger partial charge in [0.05, 0.1) is 17.2 Å². The number of hydrogen-bond donors (Lipinski definition) is 0. The fourth-order valence-corrected chi connectivity index (χ4v) is 1.93. The van der Waals surface area contributed by atoms with Gasteiger partial charge in [0.2, 0.25) is 0 Å². The molecule has 2 nitrogen and oxygen atoms in total. The van der Waals surface area contributed by atoms with Crippen molar-refractivity contribution in [3.8, 4) is 6.07 Å². The molecular weight excluding hydrogens is 279 g/mol. The van der Waals surface area contributed by atoms with E-state index >= 15 is 0 Å². The smallest absolute Gasteiger partial charge is 0.294 e. The summed E-state index contributed by atoms with van der Waals surface area (Å²) >= 11 is 0. The van der Waals surface area contributed by atoms with Gasteiger partial charge in [-0.3, -0.25) is 4.79 Å².